The summed E-state index contributed by atoms with van der Waals surface area (Å²) in [6, 6.07) is 9.68. The Labute approximate surface area is 98.6 Å². The Balaban J connectivity index is 2.51. The van der Waals surface area contributed by atoms with E-state index in [1.807, 2.05) is 30.3 Å². The molecular weight excluding hydrogens is 216 g/mol. The lowest BCUT2D eigenvalue weighted by atomic mass is 10.2. The van der Waals surface area contributed by atoms with Crippen LogP contribution < -0.4 is 11.2 Å². The Bertz CT molecular complexity index is 639. The second-order valence-corrected chi connectivity index (χ2v) is 4.04. The normalized spacial score (nSPS) is 10.5. The summed E-state index contributed by atoms with van der Waals surface area (Å²) in [5.74, 6) is 0. The van der Waals surface area contributed by atoms with Crippen LogP contribution in [0.5, 0.6) is 0 Å². The highest BCUT2D eigenvalue weighted by molar-refractivity contribution is 5.19. The summed E-state index contributed by atoms with van der Waals surface area (Å²) >= 11 is 0. The quantitative estimate of drug-likeness (QED) is 0.842. The number of benzene rings is 1. The second-order valence-electron chi connectivity index (χ2n) is 4.04. The Morgan fingerprint density at radius 1 is 1.12 bits per heavy atom. The first-order valence-electron chi connectivity index (χ1n) is 5.44. The maximum atomic E-state index is 11.7. The van der Waals surface area contributed by atoms with Crippen LogP contribution in [0, 0.1) is 13.8 Å². The van der Waals surface area contributed by atoms with E-state index >= 15 is 0 Å². The topological polar surface area (TPSA) is 54.9 Å². The minimum atomic E-state index is -0.359. The molecule has 4 heteroatoms. The molecule has 0 aliphatic carbocycles. The number of aromatic nitrogens is 2. The van der Waals surface area contributed by atoms with Gasteiger partial charge in [0.05, 0.1) is 6.54 Å². The SMILES string of the molecule is Cc1c(C)n(Cc2ccccc2)c(=O)[nH]c1=O. The third-order valence-electron chi connectivity index (χ3n) is 2.94. The Hall–Kier alpha value is -2.10. The van der Waals surface area contributed by atoms with Gasteiger partial charge in [0.25, 0.3) is 5.56 Å². The fourth-order valence-electron chi connectivity index (χ4n) is 1.73. The molecule has 0 aliphatic rings. The summed E-state index contributed by atoms with van der Waals surface area (Å²) in [5.41, 5.74) is 1.66. The van der Waals surface area contributed by atoms with Gasteiger partial charge in [0, 0.05) is 11.3 Å². The van der Waals surface area contributed by atoms with Crippen LogP contribution in [0.15, 0.2) is 39.9 Å². The molecule has 4 nitrogen and oxygen atoms in total. The number of aromatic amines is 1. The van der Waals surface area contributed by atoms with Crippen molar-refractivity contribution in [2.24, 2.45) is 0 Å². The Morgan fingerprint density at radius 3 is 2.41 bits per heavy atom. The number of rotatable bonds is 2. The molecule has 0 saturated heterocycles. The highest BCUT2D eigenvalue weighted by Gasteiger charge is 2.07. The van der Waals surface area contributed by atoms with Gasteiger partial charge in [0.2, 0.25) is 0 Å². The van der Waals surface area contributed by atoms with Crippen molar-refractivity contribution in [3.63, 3.8) is 0 Å². The van der Waals surface area contributed by atoms with E-state index in [0.29, 0.717) is 17.8 Å². The minimum absolute atomic E-state index is 0.309. The van der Waals surface area contributed by atoms with Crippen molar-refractivity contribution < 1.29 is 0 Å². The maximum absolute atomic E-state index is 11.7. The van der Waals surface area contributed by atoms with E-state index in [-0.39, 0.29) is 11.2 Å². The molecule has 0 bridgehead atoms. The molecule has 1 N–H and O–H groups in total. The molecular formula is C13H14N2O2. The van der Waals surface area contributed by atoms with Crippen LogP contribution in [-0.4, -0.2) is 9.55 Å². The summed E-state index contributed by atoms with van der Waals surface area (Å²) in [7, 11) is 0. The van der Waals surface area contributed by atoms with Crippen molar-refractivity contribution in [2.75, 3.05) is 0 Å². The zero-order chi connectivity index (χ0) is 12.4. The van der Waals surface area contributed by atoms with Crippen LogP contribution in [-0.2, 0) is 6.54 Å². The fourth-order valence-corrected chi connectivity index (χ4v) is 1.73. The van der Waals surface area contributed by atoms with E-state index in [1.165, 1.54) is 0 Å². The summed E-state index contributed by atoms with van der Waals surface area (Å²) in [5, 5.41) is 0. The number of H-pyrrole nitrogens is 1. The predicted molar refractivity (Wildman–Crippen MR) is 66.3 cm³/mol. The first kappa shape index (κ1) is 11.4. The zero-order valence-corrected chi connectivity index (χ0v) is 9.86. The summed E-state index contributed by atoms with van der Waals surface area (Å²) in [6.45, 7) is 3.98. The zero-order valence-electron chi connectivity index (χ0n) is 9.86. The van der Waals surface area contributed by atoms with Crippen molar-refractivity contribution in [2.45, 2.75) is 20.4 Å². The van der Waals surface area contributed by atoms with Gasteiger partial charge in [0.15, 0.2) is 0 Å². The Morgan fingerprint density at radius 2 is 1.76 bits per heavy atom. The molecule has 1 heterocycles. The average Bonchev–Trinajstić information content (AvgIpc) is 2.33. The lowest BCUT2D eigenvalue weighted by Gasteiger charge is -2.10. The van der Waals surface area contributed by atoms with Crippen molar-refractivity contribution in [3.8, 4) is 0 Å². The molecule has 88 valence electrons. The third-order valence-corrected chi connectivity index (χ3v) is 2.94. The average molecular weight is 230 g/mol. The number of nitrogens with one attached hydrogen (secondary N) is 1. The maximum Gasteiger partial charge on any atom is 0.328 e. The number of hydrogen-bond acceptors (Lipinski definition) is 2. The molecule has 2 aromatic rings. The standard InChI is InChI=1S/C13H14N2O2/c1-9-10(2)15(13(17)14-12(9)16)8-11-6-4-3-5-7-11/h3-7H,8H2,1-2H3,(H,14,16,17). The van der Waals surface area contributed by atoms with Gasteiger partial charge in [-0.15, -0.1) is 0 Å². The summed E-state index contributed by atoms with van der Waals surface area (Å²) in [4.78, 5) is 25.4. The molecule has 0 amide bonds. The van der Waals surface area contributed by atoms with Crippen molar-refractivity contribution in [3.05, 3.63) is 68.0 Å². The van der Waals surface area contributed by atoms with Crippen LogP contribution in [0.4, 0.5) is 0 Å². The highest BCUT2D eigenvalue weighted by atomic mass is 16.2. The van der Waals surface area contributed by atoms with Gasteiger partial charge < -0.3 is 0 Å². The molecule has 0 fully saturated rings. The first-order valence-corrected chi connectivity index (χ1v) is 5.44. The summed E-state index contributed by atoms with van der Waals surface area (Å²) in [6.07, 6.45) is 0. The van der Waals surface area contributed by atoms with E-state index in [9.17, 15) is 9.59 Å². The van der Waals surface area contributed by atoms with Crippen molar-refractivity contribution >= 4 is 0 Å². The van der Waals surface area contributed by atoms with Crippen LogP contribution in [0.1, 0.15) is 16.8 Å². The molecule has 17 heavy (non-hydrogen) atoms. The van der Waals surface area contributed by atoms with Crippen LogP contribution in [0.25, 0.3) is 0 Å². The van der Waals surface area contributed by atoms with E-state index in [0.717, 1.165) is 5.56 Å². The van der Waals surface area contributed by atoms with Gasteiger partial charge in [0.1, 0.15) is 0 Å². The van der Waals surface area contributed by atoms with Crippen LogP contribution >= 0.6 is 0 Å². The molecule has 0 aliphatic heterocycles. The van der Waals surface area contributed by atoms with E-state index < -0.39 is 0 Å². The molecule has 2 rings (SSSR count). The van der Waals surface area contributed by atoms with Gasteiger partial charge in [-0.25, -0.2) is 4.79 Å². The van der Waals surface area contributed by atoms with Crippen molar-refractivity contribution in [1.29, 1.82) is 0 Å². The van der Waals surface area contributed by atoms with Crippen molar-refractivity contribution in [1.82, 2.24) is 9.55 Å². The predicted octanol–water partition coefficient (Wildman–Crippen LogP) is 1.20. The third kappa shape index (κ3) is 2.20. The molecule has 0 atom stereocenters. The van der Waals surface area contributed by atoms with Crippen LogP contribution in [0.3, 0.4) is 0 Å². The van der Waals surface area contributed by atoms with Gasteiger partial charge in [-0.3, -0.25) is 14.3 Å². The summed E-state index contributed by atoms with van der Waals surface area (Å²) < 4.78 is 1.58. The van der Waals surface area contributed by atoms with Gasteiger partial charge in [-0.2, -0.15) is 0 Å². The lowest BCUT2D eigenvalue weighted by molar-refractivity contribution is 0.685. The molecule has 1 aromatic heterocycles. The molecule has 0 spiro atoms. The second kappa shape index (κ2) is 4.41. The Kier molecular flexibility index (Phi) is 2.95. The van der Waals surface area contributed by atoms with Gasteiger partial charge >= 0.3 is 5.69 Å². The number of nitrogens with zero attached hydrogens (tertiary/aromatic N) is 1. The molecule has 1 aromatic carbocycles. The molecule has 0 radical (unpaired) electrons. The lowest BCUT2D eigenvalue weighted by Crippen LogP contribution is -2.33. The largest absolute Gasteiger partial charge is 0.328 e. The van der Waals surface area contributed by atoms with Gasteiger partial charge in [-0.05, 0) is 19.4 Å². The molecule has 0 saturated carbocycles. The highest BCUT2D eigenvalue weighted by Crippen LogP contribution is 2.03. The number of hydrogen-bond donors (Lipinski definition) is 1. The van der Waals surface area contributed by atoms with E-state index in [4.69, 9.17) is 0 Å². The monoisotopic (exact) mass is 230 g/mol. The smallest absolute Gasteiger partial charge is 0.293 e. The van der Waals surface area contributed by atoms with E-state index in [2.05, 4.69) is 4.98 Å². The van der Waals surface area contributed by atoms with Gasteiger partial charge in [-0.1, -0.05) is 30.3 Å². The minimum Gasteiger partial charge on any atom is -0.293 e. The molecule has 0 unspecified atom stereocenters. The van der Waals surface area contributed by atoms with Crippen LogP contribution in [0.2, 0.25) is 0 Å². The fraction of sp³-hybridized carbons (Fsp3) is 0.231. The van der Waals surface area contributed by atoms with E-state index in [1.54, 1.807) is 18.4 Å². The first-order chi connectivity index (χ1) is 8.09.